The van der Waals surface area contributed by atoms with E-state index in [2.05, 4.69) is 22.3 Å². The minimum atomic E-state index is -0.136. The Bertz CT molecular complexity index is 891. The normalized spacial score (nSPS) is 17.9. The minimum Gasteiger partial charge on any atom is -0.497 e. The topological polar surface area (TPSA) is 61.9 Å². The van der Waals surface area contributed by atoms with E-state index in [0.717, 1.165) is 25.3 Å². The van der Waals surface area contributed by atoms with Gasteiger partial charge in [-0.25, -0.2) is 0 Å². The van der Waals surface area contributed by atoms with Crippen LogP contribution in [0.3, 0.4) is 0 Å². The van der Waals surface area contributed by atoms with Crippen LogP contribution in [0, 0.1) is 0 Å². The number of hydrogen-bond donors (Lipinski definition) is 1. The van der Waals surface area contributed by atoms with Gasteiger partial charge < -0.3 is 15.0 Å². The minimum absolute atomic E-state index is 0.0865. The first-order valence-electron chi connectivity index (χ1n) is 10.7. The highest BCUT2D eigenvalue weighted by Crippen LogP contribution is 2.28. The molecule has 1 N–H and O–H groups in total. The van der Waals surface area contributed by atoms with Gasteiger partial charge in [0.05, 0.1) is 24.4 Å². The molecule has 2 amide bonds. The van der Waals surface area contributed by atoms with Crippen molar-refractivity contribution in [2.24, 2.45) is 0 Å². The predicted molar refractivity (Wildman–Crippen MR) is 117 cm³/mol. The van der Waals surface area contributed by atoms with Crippen molar-refractivity contribution in [2.45, 2.75) is 31.7 Å². The molecule has 2 aliphatic rings. The molecule has 0 bridgehead atoms. The number of nitrogens with one attached hydrogen (secondary N) is 1. The molecule has 0 saturated carbocycles. The Balaban J connectivity index is 1.51. The van der Waals surface area contributed by atoms with E-state index in [9.17, 15) is 9.59 Å². The average molecular weight is 408 g/mol. The van der Waals surface area contributed by atoms with Crippen LogP contribution in [-0.4, -0.2) is 50.0 Å². The number of carbonyl (C=O) groups is 2. The molecule has 6 heteroatoms. The maximum absolute atomic E-state index is 13.1. The largest absolute Gasteiger partial charge is 0.497 e. The second kappa shape index (κ2) is 9.30. The van der Waals surface area contributed by atoms with Gasteiger partial charge in [0.2, 0.25) is 5.91 Å². The molecule has 2 saturated heterocycles. The Morgan fingerprint density at radius 2 is 1.77 bits per heavy atom. The molecule has 0 spiro atoms. The van der Waals surface area contributed by atoms with Gasteiger partial charge >= 0.3 is 0 Å². The van der Waals surface area contributed by atoms with Gasteiger partial charge in [0.1, 0.15) is 5.75 Å². The van der Waals surface area contributed by atoms with Crippen molar-refractivity contribution >= 4 is 17.5 Å². The predicted octanol–water partition coefficient (Wildman–Crippen LogP) is 3.39. The number of ether oxygens (including phenoxy) is 1. The lowest BCUT2D eigenvalue weighted by Crippen LogP contribution is -2.37. The lowest BCUT2D eigenvalue weighted by Gasteiger charge is -2.28. The van der Waals surface area contributed by atoms with Crippen LogP contribution < -0.4 is 15.0 Å². The molecule has 1 atom stereocenters. The SMILES string of the molecule is COc1ccc(C(CNC(=O)c2ccccc2N2CCCC2=O)N2CCCC2)cc1. The lowest BCUT2D eigenvalue weighted by molar-refractivity contribution is -0.117. The third kappa shape index (κ3) is 4.33. The van der Waals surface area contributed by atoms with E-state index in [-0.39, 0.29) is 17.9 Å². The zero-order chi connectivity index (χ0) is 20.9. The van der Waals surface area contributed by atoms with Crippen molar-refractivity contribution in [3.63, 3.8) is 0 Å². The summed E-state index contributed by atoms with van der Waals surface area (Å²) in [4.78, 5) is 29.5. The molecule has 2 aromatic rings. The quantitative estimate of drug-likeness (QED) is 0.764. The molecule has 2 heterocycles. The summed E-state index contributed by atoms with van der Waals surface area (Å²) in [5.41, 5.74) is 2.43. The van der Waals surface area contributed by atoms with Crippen LogP contribution in [0.15, 0.2) is 48.5 Å². The summed E-state index contributed by atoms with van der Waals surface area (Å²) in [5.74, 6) is 0.776. The third-order valence-electron chi connectivity index (χ3n) is 6.05. The van der Waals surface area contributed by atoms with Crippen molar-refractivity contribution in [1.82, 2.24) is 10.2 Å². The number of hydrogen-bond acceptors (Lipinski definition) is 4. The molecule has 2 aliphatic heterocycles. The fourth-order valence-electron chi connectivity index (χ4n) is 4.43. The summed E-state index contributed by atoms with van der Waals surface area (Å²) in [7, 11) is 1.66. The summed E-state index contributed by atoms with van der Waals surface area (Å²) in [5, 5.41) is 3.13. The summed E-state index contributed by atoms with van der Waals surface area (Å²) in [6.07, 6.45) is 3.74. The Hall–Kier alpha value is -2.86. The molecule has 0 aliphatic carbocycles. The third-order valence-corrected chi connectivity index (χ3v) is 6.05. The molecule has 2 fully saturated rings. The van der Waals surface area contributed by atoms with Crippen molar-refractivity contribution in [1.29, 1.82) is 0 Å². The molecule has 30 heavy (non-hydrogen) atoms. The van der Waals surface area contributed by atoms with Crippen LogP contribution in [0.2, 0.25) is 0 Å². The number of likely N-dealkylation sites (tertiary alicyclic amines) is 1. The molecule has 6 nitrogen and oxygen atoms in total. The first-order valence-corrected chi connectivity index (χ1v) is 10.7. The van der Waals surface area contributed by atoms with Gasteiger partial charge in [-0.3, -0.25) is 14.5 Å². The van der Waals surface area contributed by atoms with Crippen LogP contribution in [0.25, 0.3) is 0 Å². The first-order chi connectivity index (χ1) is 14.7. The molecule has 4 rings (SSSR count). The van der Waals surface area contributed by atoms with Gasteiger partial charge in [-0.05, 0) is 62.2 Å². The Morgan fingerprint density at radius 3 is 2.43 bits per heavy atom. The molecule has 158 valence electrons. The number of anilines is 1. The fraction of sp³-hybridized carbons (Fsp3) is 0.417. The van der Waals surface area contributed by atoms with E-state index >= 15 is 0 Å². The zero-order valence-corrected chi connectivity index (χ0v) is 17.5. The van der Waals surface area contributed by atoms with Crippen molar-refractivity contribution in [3.8, 4) is 5.75 Å². The van der Waals surface area contributed by atoms with Crippen LogP contribution in [0.4, 0.5) is 5.69 Å². The number of methoxy groups -OCH3 is 1. The molecule has 1 unspecified atom stereocenters. The van der Waals surface area contributed by atoms with Gasteiger partial charge in [0.25, 0.3) is 5.91 Å². The monoisotopic (exact) mass is 407 g/mol. The Kier molecular flexibility index (Phi) is 6.33. The zero-order valence-electron chi connectivity index (χ0n) is 17.5. The van der Waals surface area contributed by atoms with Crippen molar-refractivity contribution < 1.29 is 14.3 Å². The van der Waals surface area contributed by atoms with Crippen molar-refractivity contribution in [3.05, 3.63) is 59.7 Å². The average Bonchev–Trinajstić information content (AvgIpc) is 3.46. The number of carbonyl (C=O) groups excluding carboxylic acids is 2. The van der Waals surface area contributed by atoms with Gasteiger partial charge in [-0.1, -0.05) is 24.3 Å². The van der Waals surface area contributed by atoms with Gasteiger partial charge in [0, 0.05) is 19.5 Å². The first kappa shape index (κ1) is 20.4. The molecule has 0 radical (unpaired) electrons. The number of nitrogens with zero attached hydrogens (tertiary/aromatic N) is 2. The van der Waals surface area contributed by atoms with Crippen LogP contribution in [-0.2, 0) is 4.79 Å². The molecular weight excluding hydrogens is 378 g/mol. The standard InChI is InChI=1S/C24H29N3O3/c1-30-19-12-10-18(11-13-19)22(26-14-4-5-15-26)17-25-24(29)20-7-2-3-8-21(20)27-16-6-9-23(27)28/h2-3,7-8,10-13,22H,4-6,9,14-17H2,1H3,(H,25,29). The molecule has 2 aromatic carbocycles. The second-order valence-electron chi connectivity index (χ2n) is 7.91. The highest BCUT2D eigenvalue weighted by molar-refractivity contribution is 6.05. The van der Waals surface area contributed by atoms with Crippen molar-refractivity contribution in [2.75, 3.05) is 38.2 Å². The fourth-order valence-corrected chi connectivity index (χ4v) is 4.43. The summed E-state index contributed by atoms with van der Waals surface area (Å²) in [6, 6.07) is 15.6. The van der Waals surface area contributed by atoms with Crippen LogP contribution in [0.1, 0.15) is 47.6 Å². The van der Waals surface area contributed by atoms with Crippen LogP contribution >= 0.6 is 0 Å². The number of amides is 2. The summed E-state index contributed by atoms with van der Waals surface area (Å²) >= 11 is 0. The second-order valence-corrected chi connectivity index (χ2v) is 7.91. The van der Waals surface area contributed by atoms with Gasteiger partial charge in [0.15, 0.2) is 0 Å². The van der Waals surface area contributed by atoms with E-state index in [1.54, 1.807) is 18.1 Å². The number of rotatable bonds is 7. The lowest BCUT2D eigenvalue weighted by atomic mass is 10.0. The number of benzene rings is 2. The Labute approximate surface area is 177 Å². The van der Waals surface area contributed by atoms with Crippen LogP contribution in [0.5, 0.6) is 5.75 Å². The van der Waals surface area contributed by atoms with E-state index in [4.69, 9.17) is 4.74 Å². The highest BCUT2D eigenvalue weighted by Gasteiger charge is 2.27. The van der Waals surface area contributed by atoms with E-state index in [0.29, 0.717) is 30.8 Å². The van der Waals surface area contributed by atoms with E-state index in [1.807, 2.05) is 30.3 Å². The molecular formula is C24H29N3O3. The maximum atomic E-state index is 13.1. The Morgan fingerprint density at radius 1 is 1.03 bits per heavy atom. The van der Waals surface area contributed by atoms with E-state index in [1.165, 1.54) is 18.4 Å². The smallest absolute Gasteiger partial charge is 0.253 e. The van der Waals surface area contributed by atoms with E-state index < -0.39 is 0 Å². The summed E-state index contributed by atoms with van der Waals surface area (Å²) in [6.45, 7) is 3.26. The number of para-hydroxylation sites is 1. The van der Waals surface area contributed by atoms with Gasteiger partial charge in [-0.2, -0.15) is 0 Å². The van der Waals surface area contributed by atoms with Gasteiger partial charge in [-0.15, -0.1) is 0 Å². The molecule has 0 aromatic heterocycles. The highest BCUT2D eigenvalue weighted by atomic mass is 16.5. The summed E-state index contributed by atoms with van der Waals surface area (Å²) < 4.78 is 5.29. The maximum Gasteiger partial charge on any atom is 0.253 e.